The van der Waals surface area contributed by atoms with Crippen LogP contribution in [0.1, 0.15) is 25.3 Å². The second kappa shape index (κ2) is 5.47. The summed E-state index contributed by atoms with van der Waals surface area (Å²) in [5.41, 5.74) is -0.650. The molecule has 6 nitrogen and oxygen atoms in total. The highest BCUT2D eigenvalue weighted by Gasteiger charge is 2.57. The molecule has 1 saturated carbocycles. The Morgan fingerprint density at radius 2 is 2.04 bits per heavy atom. The first kappa shape index (κ1) is 16.4. The van der Waals surface area contributed by atoms with Crippen molar-refractivity contribution in [1.82, 2.24) is 10.2 Å². The highest BCUT2D eigenvalue weighted by Crippen LogP contribution is 2.55. The van der Waals surface area contributed by atoms with Gasteiger partial charge in [-0.05, 0) is 31.1 Å². The van der Waals surface area contributed by atoms with Crippen LogP contribution in [0.2, 0.25) is 0 Å². The summed E-state index contributed by atoms with van der Waals surface area (Å²) < 4.78 is 41.3. The van der Waals surface area contributed by atoms with Crippen molar-refractivity contribution in [3.05, 3.63) is 11.8 Å². The van der Waals surface area contributed by atoms with E-state index in [4.69, 9.17) is 5.11 Å². The van der Waals surface area contributed by atoms with Crippen LogP contribution in [-0.4, -0.2) is 46.9 Å². The SMILES string of the molecule is C[C@H]1CCN1c1nncc(N2C[C@@H]3[C@@H](CC(=O)O)[C@@H]3C2)c1C(F)(F)F. The molecule has 1 aliphatic carbocycles. The van der Waals surface area contributed by atoms with Crippen LogP contribution in [0.3, 0.4) is 0 Å². The van der Waals surface area contributed by atoms with Gasteiger partial charge in [0.25, 0.3) is 0 Å². The molecule has 25 heavy (non-hydrogen) atoms. The molecular formula is C16H19F3N4O2. The fourth-order valence-electron chi connectivity index (χ4n) is 4.26. The maximum atomic E-state index is 13.8. The summed E-state index contributed by atoms with van der Waals surface area (Å²) in [5.74, 6) is -0.519. The molecule has 3 aliphatic rings. The summed E-state index contributed by atoms with van der Waals surface area (Å²) in [6.07, 6.45) is -2.38. The highest BCUT2D eigenvalue weighted by atomic mass is 19.4. The minimum absolute atomic E-state index is 0.0255. The molecule has 136 valence electrons. The lowest BCUT2D eigenvalue weighted by atomic mass is 10.0. The van der Waals surface area contributed by atoms with Gasteiger partial charge in [0.15, 0.2) is 5.82 Å². The average molecular weight is 356 g/mol. The van der Waals surface area contributed by atoms with Crippen molar-refractivity contribution in [2.24, 2.45) is 17.8 Å². The number of hydrogen-bond donors (Lipinski definition) is 1. The van der Waals surface area contributed by atoms with Gasteiger partial charge in [0.2, 0.25) is 0 Å². The number of aliphatic carboxylic acids is 1. The van der Waals surface area contributed by atoms with E-state index in [1.807, 2.05) is 6.92 Å². The van der Waals surface area contributed by atoms with E-state index in [0.717, 1.165) is 6.42 Å². The monoisotopic (exact) mass is 356 g/mol. The maximum Gasteiger partial charge on any atom is 0.422 e. The fraction of sp³-hybridized carbons (Fsp3) is 0.688. The van der Waals surface area contributed by atoms with Crippen LogP contribution in [-0.2, 0) is 11.0 Å². The number of fused-ring (bicyclic) bond motifs is 1. The van der Waals surface area contributed by atoms with Crippen LogP contribution >= 0.6 is 0 Å². The molecule has 2 aliphatic heterocycles. The summed E-state index contributed by atoms with van der Waals surface area (Å²) in [5, 5.41) is 16.5. The number of alkyl halides is 3. The lowest BCUT2D eigenvalue weighted by molar-refractivity contribution is -0.138. The van der Waals surface area contributed by atoms with Crippen LogP contribution in [0.5, 0.6) is 0 Å². The Bertz CT molecular complexity index is 699. The number of halogens is 3. The summed E-state index contributed by atoms with van der Waals surface area (Å²) in [7, 11) is 0. The van der Waals surface area contributed by atoms with E-state index in [1.54, 1.807) is 9.80 Å². The van der Waals surface area contributed by atoms with Crippen molar-refractivity contribution in [3.63, 3.8) is 0 Å². The Morgan fingerprint density at radius 3 is 2.52 bits per heavy atom. The minimum Gasteiger partial charge on any atom is -0.481 e. The molecule has 4 rings (SSSR count). The zero-order chi connectivity index (χ0) is 17.9. The van der Waals surface area contributed by atoms with Crippen molar-refractivity contribution in [2.75, 3.05) is 29.4 Å². The Hall–Kier alpha value is -2.06. The van der Waals surface area contributed by atoms with Gasteiger partial charge in [0.05, 0.1) is 11.9 Å². The topological polar surface area (TPSA) is 69.6 Å². The van der Waals surface area contributed by atoms with Gasteiger partial charge in [-0.3, -0.25) is 4.79 Å². The predicted octanol–water partition coefficient (Wildman–Crippen LogP) is 2.25. The molecular weight excluding hydrogens is 337 g/mol. The number of anilines is 2. The summed E-state index contributed by atoms with van der Waals surface area (Å²) >= 11 is 0. The smallest absolute Gasteiger partial charge is 0.422 e. The number of carboxylic acids is 1. The maximum absolute atomic E-state index is 13.8. The quantitative estimate of drug-likeness (QED) is 0.892. The standard InChI is InChI=1S/C16H19F3N4O2/c1-8-2-3-23(8)15-14(16(17,18)19)12(5-20-21-15)22-6-10-9(4-13(24)25)11(10)7-22/h5,8-11H,2-4,6-7H2,1H3,(H,24,25)/t8-,9-,10-,11+/m0/s1. The largest absolute Gasteiger partial charge is 0.481 e. The molecule has 0 amide bonds. The number of piperidine rings is 1. The average Bonchev–Trinajstić information content (AvgIpc) is 2.94. The molecule has 3 heterocycles. The molecule has 4 atom stereocenters. The zero-order valence-corrected chi connectivity index (χ0v) is 13.7. The van der Waals surface area contributed by atoms with Gasteiger partial charge >= 0.3 is 12.1 Å². The molecule has 0 aromatic carbocycles. The second-order valence-electron chi connectivity index (χ2n) is 7.25. The molecule has 1 aromatic heterocycles. The summed E-state index contributed by atoms with van der Waals surface area (Å²) in [4.78, 5) is 14.2. The van der Waals surface area contributed by atoms with E-state index in [0.29, 0.717) is 19.6 Å². The molecule has 9 heteroatoms. The lowest BCUT2D eigenvalue weighted by Gasteiger charge is -2.41. The summed E-state index contributed by atoms with van der Waals surface area (Å²) in [6, 6.07) is 0.0255. The Labute approximate surface area is 142 Å². The Balaban J connectivity index is 1.61. The molecule has 0 bridgehead atoms. The third kappa shape index (κ3) is 2.69. The zero-order valence-electron chi connectivity index (χ0n) is 13.7. The number of aromatic nitrogens is 2. The first-order chi connectivity index (χ1) is 11.8. The first-order valence-electron chi connectivity index (χ1n) is 8.43. The molecule has 3 fully saturated rings. The fourth-order valence-corrected chi connectivity index (χ4v) is 4.26. The van der Waals surface area contributed by atoms with Crippen LogP contribution in [0.4, 0.5) is 24.7 Å². The van der Waals surface area contributed by atoms with Crippen LogP contribution < -0.4 is 9.80 Å². The Kier molecular flexibility index (Phi) is 3.59. The van der Waals surface area contributed by atoms with E-state index in [1.165, 1.54) is 6.20 Å². The van der Waals surface area contributed by atoms with E-state index in [2.05, 4.69) is 10.2 Å². The van der Waals surface area contributed by atoms with Crippen molar-refractivity contribution in [1.29, 1.82) is 0 Å². The number of hydrogen-bond acceptors (Lipinski definition) is 5. The third-order valence-corrected chi connectivity index (χ3v) is 5.81. The molecule has 1 aromatic rings. The van der Waals surface area contributed by atoms with E-state index in [-0.39, 0.29) is 41.7 Å². The van der Waals surface area contributed by atoms with Crippen molar-refractivity contribution in [3.8, 4) is 0 Å². The van der Waals surface area contributed by atoms with Crippen LogP contribution in [0.15, 0.2) is 6.20 Å². The van der Waals surface area contributed by atoms with Gasteiger partial charge in [0, 0.05) is 32.1 Å². The summed E-state index contributed by atoms with van der Waals surface area (Å²) in [6.45, 7) is 3.33. The van der Waals surface area contributed by atoms with Gasteiger partial charge in [-0.1, -0.05) is 0 Å². The van der Waals surface area contributed by atoms with Crippen molar-refractivity contribution in [2.45, 2.75) is 32.0 Å². The van der Waals surface area contributed by atoms with Crippen LogP contribution in [0.25, 0.3) is 0 Å². The van der Waals surface area contributed by atoms with Crippen LogP contribution in [0, 0.1) is 17.8 Å². The van der Waals surface area contributed by atoms with Gasteiger partial charge in [-0.25, -0.2) is 0 Å². The molecule has 1 N–H and O–H groups in total. The van der Waals surface area contributed by atoms with Crippen molar-refractivity contribution >= 4 is 17.5 Å². The number of carbonyl (C=O) groups is 1. The number of rotatable bonds is 4. The van der Waals surface area contributed by atoms with Crippen molar-refractivity contribution < 1.29 is 23.1 Å². The van der Waals surface area contributed by atoms with Gasteiger partial charge in [-0.2, -0.15) is 18.3 Å². The normalized spacial score (nSPS) is 30.9. The van der Waals surface area contributed by atoms with E-state index in [9.17, 15) is 18.0 Å². The van der Waals surface area contributed by atoms with Gasteiger partial charge in [0.1, 0.15) is 5.56 Å². The van der Waals surface area contributed by atoms with Gasteiger partial charge < -0.3 is 14.9 Å². The van der Waals surface area contributed by atoms with E-state index >= 15 is 0 Å². The number of nitrogens with zero attached hydrogens (tertiary/aromatic N) is 4. The minimum atomic E-state index is -4.51. The Morgan fingerprint density at radius 1 is 1.36 bits per heavy atom. The molecule has 0 unspecified atom stereocenters. The third-order valence-electron chi connectivity index (χ3n) is 5.81. The second-order valence-corrected chi connectivity index (χ2v) is 7.25. The number of carboxylic acid groups (broad SMARTS) is 1. The molecule has 0 radical (unpaired) electrons. The predicted molar refractivity (Wildman–Crippen MR) is 83.4 cm³/mol. The van der Waals surface area contributed by atoms with Gasteiger partial charge in [-0.15, -0.1) is 5.10 Å². The lowest BCUT2D eigenvalue weighted by Crippen LogP contribution is -2.47. The molecule has 0 spiro atoms. The highest BCUT2D eigenvalue weighted by molar-refractivity contribution is 5.69. The van der Waals surface area contributed by atoms with E-state index < -0.39 is 17.7 Å². The molecule has 2 saturated heterocycles. The first-order valence-corrected chi connectivity index (χ1v) is 8.43.